The van der Waals surface area contributed by atoms with Crippen molar-refractivity contribution < 1.29 is 33.7 Å². The van der Waals surface area contributed by atoms with E-state index >= 15 is 0 Å². The Hall–Kier alpha value is -4.42. The molecule has 0 bridgehead atoms. The van der Waals surface area contributed by atoms with E-state index in [9.17, 15) is 19.5 Å². The number of hydrogen-bond acceptors (Lipinski definition) is 7. The second kappa shape index (κ2) is 10.1. The van der Waals surface area contributed by atoms with Crippen LogP contribution in [0.4, 0.5) is 5.69 Å². The molecule has 1 amide bonds. The first-order valence-corrected chi connectivity index (χ1v) is 15.3. The van der Waals surface area contributed by atoms with E-state index in [1.165, 1.54) is 0 Å². The van der Waals surface area contributed by atoms with Crippen molar-refractivity contribution >= 4 is 46.1 Å². The number of ether oxygens (including phenoxy) is 3. The summed E-state index contributed by atoms with van der Waals surface area (Å²) >= 11 is 2.16. The van der Waals surface area contributed by atoms with Crippen LogP contribution >= 0.6 is 22.6 Å². The third kappa shape index (κ3) is 3.76. The summed E-state index contributed by atoms with van der Waals surface area (Å²) in [5, 5.41) is 14.0. The summed E-state index contributed by atoms with van der Waals surface area (Å²) in [5.41, 5.74) is 1.60. The van der Waals surface area contributed by atoms with E-state index in [0.29, 0.717) is 28.3 Å². The molecular formula is C34H25IN2O7. The molecule has 2 saturated heterocycles. The predicted octanol–water partition coefficient (Wildman–Crippen LogP) is 5.38. The van der Waals surface area contributed by atoms with Crippen molar-refractivity contribution in [3.8, 4) is 11.5 Å². The van der Waals surface area contributed by atoms with Crippen LogP contribution < -0.4 is 14.8 Å². The molecule has 6 atom stereocenters. The Bertz CT molecular complexity index is 1830. The molecule has 4 aromatic carbocycles. The summed E-state index contributed by atoms with van der Waals surface area (Å²) in [7, 11) is 0. The maximum Gasteiger partial charge on any atom is 0.325 e. The van der Waals surface area contributed by atoms with E-state index in [4.69, 9.17) is 14.2 Å². The summed E-state index contributed by atoms with van der Waals surface area (Å²) in [6.07, 6.45) is -0.775. The topological polar surface area (TPSA) is 114 Å². The number of carboxylic acids is 1. The first-order chi connectivity index (χ1) is 21.4. The van der Waals surface area contributed by atoms with Gasteiger partial charge >= 0.3 is 11.9 Å². The molecule has 10 heteroatoms. The van der Waals surface area contributed by atoms with Crippen LogP contribution in [0.15, 0.2) is 97.1 Å². The lowest BCUT2D eigenvalue weighted by Crippen LogP contribution is -2.52. The molecule has 44 heavy (non-hydrogen) atoms. The zero-order valence-electron chi connectivity index (χ0n) is 23.1. The Labute approximate surface area is 265 Å². The van der Waals surface area contributed by atoms with Crippen molar-refractivity contribution in [3.63, 3.8) is 0 Å². The first-order valence-electron chi connectivity index (χ1n) is 14.2. The van der Waals surface area contributed by atoms with Gasteiger partial charge in [0.15, 0.2) is 11.5 Å². The Morgan fingerprint density at radius 3 is 2.27 bits per heavy atom. The molecule has 4 aliphatic heterocycles. The number of nitrogens with one attached hydrogen (secondary N) is 1. The number of fused-ring (bicyclic) bond motifs is 4. The van der Waals surface area contributed by atoms with Crippen LogP contribution in [0.25, 0.3) is 0 Å². The number of hydrogen-bond donors (Lipinski definition) is 2. The minimum Gasteiger partial charge on any atom is -0.481 e. The third-order valence-corrected chi connectivity index (χ3v) is 9.92. The standard InChI is InChI=1S/C34H25IN2O7/c35-21-12-13-23-22(16-21)34(33(41)36-23)26(31(38)39)28-32(40)44-29(19-9-5-2-6-10-19)27(18-7-3-1-4-8-18)37(28)30(34)20-11-14-24-25(15-20)43-17-42-24/h1-16,26-30H,17H2,(H,36,41)(H,38,39)/t26-,27-,28-,29+,30+,34-/m0/s1. The van der Waals surface area contributed by atoms with Crippen molar-refractivity contribution in [2.75, 3.05) is 12.1 Å². The number of carbonyl (C=O) groups is 3. The van der Waals surface area contributed by atoms with E-state index in [1.54, 1.807) is 18.2 Å². The van der Waals surface area contributed by atoms with E-state index < -0.39 is 53.4 Å². The molecule has 4 aromatic rings. The smallest absolute Gasteiger partial charge is 0.325 e. The van der Waals surface area contributed by atoms with E-state index in [-0.39, 0.29) is 6.79 Å². The van der Waals surface area contributed by atoms with Gasteiger partial charge in [0.1, 0.15) is 23.5 Å². The van der Waals surface area contributed by atoms with E-state index in [1.807, 2.05) is 83.8 Å². The van der Waals surface area contributed by atoms with Crippen LogP contribution in [-0.4, -0.2) is 40.7 Å². The van der Waals surface area contributed by atoms with Gasteiger partial charge in [0.25, 0.3) is 0 Å². The lowest BCUT2D eigenvalue weighted by Gasteiger charge is -2.46. The number of morpholine rings is 1. The first kappa shape index (κ1) is 27.2. The van der Waals surface area contributed by atoms with Crippen LogP contribution in [0.3, 0.4) is 0 Å². The van der Waals surface area contributed by atoms with Gasteiger partial charge in [-0.3, -0.25) is 19.3 Å². The Balaban J connectivity index is 1.46. The van der Waals surface area contributed by atoms with Crippen LogP contribution in [0.5, 0.6) is 11.5 Å². The number of esters is 1. The van der Waals surface area contributed by atoms with Crippen molar-refractivity contribution in [1.29, 1.82) is 0 Å². The Kier molecular flexibility index (Phi) is 6.21. The highest BCUT2D eigenvalue weighted by Gasteiger charge is 2.74. The van der Waals surface area contributed by atoms with Crippen LogP contribution in [-0.2, 0) is 24.5 Å². The number of carboxylic acid groups (broad SMARTS) is 1. The highest BCUT2D eigenvalue weighted by Crippen LogP contribution is 2.65. The molecular weight excluding hydrogens is 675 g/mol. The number of aliphatic carboxylic acids is 1. The molecule has 4 heterocycles. The Morgan fingerprint density at radius 2 is 1.55 bits per heavy atom. The molecule has 8 rings (SSSR count). The minimum absolute atomic E-state index is 0.0508. The largest absolute Gasteiger partial charge is 0.481 e. The average Bonchev–Trinajstić information content (AvgIpc) is 3.71. The second-order valence-corrected chi connectivity index (χ2v) is 12.6. The van der Waals surface area contributed by atoms with Gasteiger partial charge in [0, 0.05) is 9.26 Å². The molecule has 9 nitrogen and oxygen atoms in total. The number of halogens is 1. The molecule has 0 aromatic heterocycles. The lowest BCUT2D eigenvalue weighted by atomic mass is 9.65. The van der Waals surface area contributed by atoms with Crippen molar-refractivity contribution in [2.24, 2.45) is 5.92 Å². The fourth-order valence-corrected chi connectivity index (χ4v) is 8.12. The van der Waals surface area contributed by atoms with Crippen LogP contribution in [0.2, 0.25) is 0 Å². The third-order valence-electron chi connectivity index (χ3n) is 9.25. The second-order valence-electron chi connectivity index (χ2n) is 11.4. The Morgan fingerprint density at radius 1 is 0.841 bits per heavy atom. The highest BCUT2D eigenvalue weighted by molar-refractivity contribution is 14.1. The SMILES string of the molecule is O=C1O[C@H](c2ccccc2)[C@H](c2ccccc2)N2[C@H]1[C@@H](C(=O)O)[C@]1(C(=O)Nc3ccc(I)cc31)[C@H]2c1ccc2c(c1)OCO2. The summed E-state index contributed by atoms with van der Waals surface area (Å²) < 4.78 is 18.4. The fraction of sp³-hybridized carbons (Fsp3) is 0.206. The van der Waals surface area contributed by atoms with Crippen molar-refractivity contribution in [3.05, 3.63) is 123 Å². The number of benzene rings is 4. The average molecular weight is 700 g/mol. The fourth-order valence-electron chi connectivity index (χ4n) is 7.63. The quantitative estimate of drug-likeness (QED) is 0.216. The summed E-state index contributed by atoms with van der Waals surface area (Å²) in [6, 6.07) is 27.1. The minimum atomic E-state index is -1.68. The highest BCUT2D eigenvalue weighted by atomic mass is 127. The van der Waals surface area contributed by atoms with Crippen LogP contribution in [0, 0.1) is 9.49 Å². The van der Waals surface area contributed by atoms with Gasteiger partial charge in [-0.1, -0.05) is 66.7 Å². The maximum absolute atomic E-state index is 14.5. The van der Waals surface area contributed by atoms with Gasteiger partial charge < -0.3 is 24.6 Å². The number of amides is 1. The molecule has 1 spiro atoms. The zero-order valence-corrected chi connectivity index (χ0v) is 25.2. The molecule has 0 radical (unpaired) electrons. The van der Waals surface area contributed by atoms with Crippen molar-refractivity contribution in [2.45, 2.75) is 29.6 Å². The molecule has 4 aliphatic rings. The molecule has 0 saturated carbocycles. The van der Waals surface area contributed by atoms with Crippen LogP contribution in [0.1, 0.15) is 40.4 Å². The van der Waals surface area contributed by atoms with Gasteiger partial charge in [0.05, 0.1) is 12.1 Å². The maximum atomic E-state index is 14.5. The van der Waals surface area contributed by atoms with E-state index in [2.05, 4.69) is 27.9 Å². The monoisotopic (exact) mass is 700 g/mol. The molecule has 2 N–H and O–H groups in total. The van der Waals surface area contributed by atoms with Gasteiger partial charge in [-0.2, -0.15) is 0 Å². The molecule has 0 unspecified atom stereocenters. The summed E-state index contributed by atoms with van der Waals surface area (Å²) in [4.78, 5) is 44.2. The summed E-state index contributed by atoms with van der Waals surface area (Å²) in [6.45, 7) is 0.0508. The van der Waals surface area contributed by atoms with Gasteiger partial charge in [0.2, 0.25) is 12.7 Å². The predicted molar refractivity (Wildman–Crippen MR) is 166 cm³/mol. The summed E-state index contributed by atoms with van der Waals surface area (Å²) in [5.74, 6) is -2.84. The number of nitrogens with zero attached hydrogens (tertiary/aromatic N) is 1. The normalized spacial score (nSPS) is 28.3. The van der Waals surface area contributed by atoms with Crippen molar-refractivity contribution in [1.82, 2.24) is 4.90 Å². The van der Waals surface area contributed by atoms with Gasteiger partial charge in [-0.15, -0.1) is 0 Å². The van der Waals surface area contributed by atoms with E-state index in [0.717, 1.165) is 14.7 Å². The molecule has 220 valence electrons. The lowest BCUT2D eigenvalue weighted by molar-refractivity contribution is -0.179. The number of rotatable bonds is 4. The zero-order chi connectivity index (χ0) is 30.2. The number of anilines is 1. The van der Waals surface area contributed by atoms with Gasteiger partial charge in [-0.05, 0) is 75.2 Å². The molecule has 0 aliphatic carbocycles. The number of carbonyl (C=O) groups excluding carboxylic acids is 2. The van der Waals surface area contributed by atoms with Gasteiger partial charge in [-0.25, -0.2) is 0 Å². The number of cyclic esters (lactones) is 1. The molecule has 2 fully saturated rings.